The maximum atomic E-state index is 10.5. The maximum Gasteiger partial charge on any atom is 0.294 e. The van der Waals surface area contributed by atoms with E-state index in [-0.39, 0.29) is 51.1 Å². The monoisotopic (exact) mass is 526 g/mol. The highest BCUT2D eigenvalue weighted by Crippen LogP contribution is 2.08. The third-order valence-electron chi connectivity index (χ3n) is 3.06. The number of rotatable bonds is 8. The van der Waals surface area contributed by atoms with Crippen molar-refractivity contribution < 1.29 is 58.6 Å². The Morgan fingerprint density at radius 3 is 1.43 bits per heavy atom. The third kappa shape index (κ3) is 28.1. The Kier molecular flexibility index (Phi) is 28.5. The Morgan fingerprint density at radius 1 is 0.714 bits per heavy atom. The van der Waals surface area contributed by atoms with Gasteiger partial charge in [-0.25, -0.2) is 0 Å². The molecule has 35 heavy (non-hydrogen) atoms. The number of ether oxygens (including phenoxy) is 1. The number of aliphatic hydroxyl groups excluding tert-OH is 8. The molecular weight excluding hydrogens is 488 g/mol. The van der Waals surface area contributed by atoms with Crippen molar-refractivity contribution in [3.63, 3.8) is 0 Å². The van der Waals surface area contributed by atoms with Crippen molar-refractivity contribution in [2.45, 2.75) is 24.7 Å². The van der Waals surface area contributed by atoms with E-state index in [0.29, 0.717) is 6.61 Å². The molecule has 0 saturated heterocycles. The van der Waals surface area contributed by atoms with Crippen molar-refractivity contribution in [1.29, 1.82) is 0 Å². The smallest absolute Gasteiger partial charge is 0.294 e. The fourth-order valence-corrected chi connectivity index (χ4v) is 2.01. The summed E-state index contributed by atoms with van der Waals surface area (Å²) >= 11 is 0. The highest BCUT2D eigenvalue weighted by molar-refractivity contribution is 7.85. The summed E-state index contributed by atoms with van der Waals surface area (Å²) in [7, 11) is -4.02. The second-order valence-electron chi connectivity index (χ2n) is 6.06. The van der Waals surface area contributed by atoms with Gasteiger partial charge >= 0.3 is 0 Å². The van der Waals surface area contributed by atoms with Gasteiger partial charge < -0.3 is 45.6 Å². The van der Waals surface area contributed by atoms with Crippen LogP contribution in [0.1, 0.15) is 11.1 Å². The van der Waals surface area contributed by atoms with Gasteiger partial charge in [-0.3, -0.25) is 4.55 Å². The first-order valence-electron chi connectivity index (χ1n) is 10.2. The summed E-state index contributed by atoms with van der Waals surface area (Å²) in [6, 6.07) is 15.5. The lowest BCUT2D eigenvalue weighted by Gasteiger charge is -2.08. The summed E-state index contributed by atoms with van der Waals surface area (Å²) in [6.07, 6.45) is -1.08. The molecule has 12 nitrogen and oxygen atoms in total. The van der Waals surface area contributed by atoms with E-state index in [2.05, 4.69) is 0 Å². The number of aliphatic hydroxyl groups is 8. The van der Waals surface area contributed by atoms with Crippen LogP contribution in [0.15, 0.2) is 59.5 Å². The average Bonchev–Trinajstić information content (AvgIpc) is 2.88. The van der Waals surface area contributed by atoms with Gasteiger partial charge in [0, 0.05) is 0 Å². The van der Waals surface area contributed by atoms with Gasteiger partial charge in [0.05, 0.1) is 57.8 Å². The molecule has 0 fully saturated rings. The van der Waals surface area contributed by atoms with Gasteiger partial charge in [0.15, 0.2) is 6.29 Å². The number of benzene rings is 2. The molecule has 0 radical (unpaired) electrons. The highest BCUT2D eigenvalue weighted by atomic mass is 32.2. The summed E-state index contributed by atoms with van der Waals surface area (Å²) < 4.78 is 34.4. The fourth-order valence-electron chi connectivity index (χ4n) is 1.53. The lowest BCUT2D eigenvalue weighted by molar-refractivity contribution is -0.132. The van der Waals surface area contributed by atoms with E-state index < -0.39 is 16.4 Å². The van der Waals surface area contributed by atoms with Crippen molar-refractivity contribution in [1.82, 2.24) is 0 Å². The molecule has 1 unspecified atom stereocenters. The van der Waals surface area contributed by atoms with Gasteiger partial charge in [-0.15, -0.1) is 0 Å². The lowest BCUT2D eigenvalue weighted by Crippen LogP contribution is -2.15. The Labute approximate surface area is 205 Å². The van der Waals surface area contributed by atoms with E-state index in [4.69, 9.17) is 50.1 Å². The van der Waals surface area contributed by atoms with Crippen molar-refractivity contribution in [2.24, 2.45) is 0 Å². The molecule has 0 aliphatic rings. The molecule has 0 aromatic heterocycles. The van der Waals surface area contributed by atoms with E-state index in [9.17, 15) is 8.42 Å². The second kappa shape index (κ2) is 26.6. The first-order chi connectivity index (χ1) is 16.6. The van der Waals surface area contributed by atoms with Crippen LogP contribution in [0.3, 0.4) is 0 Å². The van der Waals surface area contributed by atoms with Gasteiger partial charge in [0.25, 0.3) is 10.1 Å². The molecule has 0 aliphatic heterocycles. The summed E-state index contributed by atoms with van der Waals surface area (Å²) in [5.74, 6) is 0. The van der Waals surface area contributed by atoms with Crippen LogP contribution in [0.2, 0.25) is 0 Å². The summed E-state index contributed by atoms with van der Waals surface area (Å²) in [5.41, 5.74) is 1.93. The quantitative estimate of drug-likeness (QED) is 0.144. The molecule has 2 aromatic carbocycles. The first-order valence-corrected chi connectivity index (χ1v) is 11.7. The Balaban J connectivity index is -0.000000407. The SMILES string of the molecule is Cc1ccc(S(=O)(=O)O)cc1.OCC(O)OCc1ccccc1.OCCO.OCCO.OCCO. The Bertz CT molecular complexity index is 755. The van der Waals surface area contributed by atoms with Crippen LogP contribution in [-0.4, -0.2) is 106 Å². The minimum Gasteiger partial charge on any atom is -0.394 e. The zero-order valence-electron chi connectivity index (χ0n) is 19.6. The molecule has 0 amide bonds. The van der Waals surface area contributed by atoms with Crippen LogP contribution in [-0.2, 0) is 21.5 Å². The molecule has 1 atom stereocenters. The largest absolute Gasteiger partial charge is 0.394 e. The second-order valence-corrected chi connectivity index (χ2v) is 7.49. The minimum atomic E-state index is -4.02. The topological polar surface area (TPSA) is 225 Å². The molecule has 0 spiro atoms. The van der Waals surface area contributed by atoms with Crippen molar-refractivity contribution in [3.05, 3.63) is 65.7 Å². The zero-order chi connectivity index (χ0) is 27.5. The zero-order valence-corrected chi connectivity index (χ0v) is 20.4. The van der Waals surface area contributed by atoms with Crippen LogP contribution in [0.5, 0.6) is 0 Å². The van der Waals surface area contributed by atoms with Crippen molar-refractivity contribution >= 4 is 10.1 Å². The van der Waals surface area contributed by atoms with Crippen LogP contribution >= 0.6 is 0 Å². The molecular formula is C22H38O12S. The number of aryl methyl sites for hydroxylation is 1. The van der Waals surface area contributed by atoms with E-state index in [1.807, 2.05) is 37.3 Å². The molecule has 0 bridgehead atoms. The number of hydrogen-bond donors (Lipinski definition) is 9. The molecule has 2 rings (SSSR count). The van der Waals surface area contributed by atoms with Crippen molar-refractivity contribution in [2.75, 3.05) is 46.2 Å². The fraction of sp³-hybridized carbons (Fsp3) is 0.455. The number of hydrogen-bond acceptors (Lipinski definition) is 11. The molecule has 13 heteroatoms. The molecule has 0 aliphatic carbocycles. The van der Waals surface area contributed by atoms with E-state index in [0.717, 1.165) is 11.1 Å². The van der Waals surface area contributed by atoms with E-state index in [1.165, 1.54) is 12.1 Å². The van der Waals surface area contributed by atoms with Crippen LogP contribution in [0.4, 0.5) is 0 Å². The van der Waals surface area contributed by atoms with Crippen LogP contribution in [0, 0.1) is 6.92 Å². The van der Waals surface area contributed by atoms with Gasteiger partial charge in [0.1, 0.15) is 0 Å². The normalized spacial score (nSPS) is 10.6. The summed E-state index contributed by atoms with van der Waals surface area (Å²) in [5, 5.41) is 63.0. The molecule has 0 saturated carbocycles. The standard InChI is InChI=1S/C9H12O3.C7H8O3S.3C2H6O2/c10-6-9(11)12-7-8-4-2-1-3-5-8;1-6-2-4-7(5-3-6)11(8,9)10;3*3-1-2-4/h1-5,9-11H,6-7H2;2-5H,1H3,(H,8,9,10);3*3-4H,1-2H2. The van der Waals surface area contributed by atoms with Crippen molar-refractivity contribution in [3.8, 4) is 0 Å². The molecule has 2 aromatic rings. The minimum absolute atomic E-state index is 0.0666. The Morgan fingerprint density at radius 2 is 1.11 bits per heavy atom. The molecule has 204 valence electrons. The third-order valence-corrected chi connectivity index (χ3v) is 3.93. The van der Waals surface area contributed by atoms with Crippen LogP contribution in [0.25, 0.3) is 0 Å². The van der Waals surface area contributed by atoms with Gasteiger partial charge in [0.2, 0.25) is 0 Å². The summed E-state index contributed by atoms with van der Waals surface area (Å²) in [4.78, 5) is -0.0666. The Hall–Kier alpha value is -2.01. The maximum absolute atomic E-state index is 10.5. The lowest BCUT2D eigenvalue weighted by atomic mass is 10.2. The predicted molar refractivity (Wildman–Crippen MR) is 128 cm³/mol. The molecule has 0 heterocycles. The van der Waals surface area contributed by atoms with Gasteiger partial charge in [-0.2, -0.15) is 8.42 Å². The predicted octanol–water partition coefficient (Wildman–Crippen LogP) is -1.33. The average molecular weight is 527 g/mol. The molecule has 9 N–H and O–H groups in total. The van der Waals surface area contributed by atoms with E-state index in [1.54, 1.807) is 12.1 Å². The highest BCUT2D eigenvalue weighted by Gasteiger charge is 2.06. The first kappa shape index (κ1) is 37.5. The van der Waals surface area contributed by atoms with Crippen LogP contribution < -0.4 is 0 Å². The summed E-state index contributed by atoms with van der Waals surface area (Å²) in [6.45, 7) is 1.04. The van der Waals surface area contributed by atoms with Gasteiger partial charge in [-0.05, 0) is 24.6 Å². The van der Waals surface area contributed by atoms with E-state index >= 15 is 0 Å². The van der Waals surface area contributed by atoms with Gasteiger partial charge in [-0.1, -0.05) is 48.0 Å².